The van der Waals surface area contributed by atoms with E-state index in [0.29, 0.717) is 19.0 Å². The molecule has 1 aliphatic rings. The van der Waals surface area contributed by atoms with Gasteiger partial charge in [-0.25, -0.2) is 4.98 Å². The topological polar surface area (TPSA) is 72.4 Å². The summed E-state index contributed by atoms with van der Waals surface area (Å²) in [6.45, 7) is 3.12. The SMILES string of the molecule is Cc1cccn2cc(CNC(=O)[C@@H]3CCC[C@@H]3CN)nc12. The maximum atomic E-state index is 12.3. The lowest BCUT2D eigenvalue weighted by Crippen LogP contribution is -2.34. The van der Waals surface area contributed by atoms with Crippen LogP contribution in [0.3, 0.4) is 0 Å². The summed E-state index contributed by atoms with van der Waals surface area (Å²) in [4.78, 5) is 16.8. The molecule has 2 heterocycles. The van der Waals surface area contributed by atoms with Crippen LogP contribution in [0.5, 0.6) is 0 Å². The van der Waals surface area contributed by atoms with Crippen molar-refractivity contribution >= 4 is 11.6 Å². The van der Waals surface area contributed by atoms with Crippen LogP contribution < -0.4 is 11.1 Å². The van der Waals surface area contributed by atoms with Gasteiger partial charge in [-0.3, -0.25) is 4.79 Å². The number of imidazole rings is 1. The zero-order chi connectivity index (χ0) is 14.8. The van der Waals surface area contributed by atoms with Crippen LogP contribution >= 0.6 is 0 Å². The molecule has 3 rings (SSSR count). The van der Waals surface area contributed by atoms with Crippen molar-refractivity contribution in [1.29, 1.82) is 0 Å². The monoisotopic (exact) mass is 286 g/mol. The van der Waals surface area contributed by atoms with Crippen LogP contribution in [0.2, 0.25) is 0 Å². The first-order valence-corrected chi connectivity index (χ1v) is 7.60. The van der Waals surface area contributed by atoms with Crippen LogP contribution in [0.25, 0.3) is 5.65 Å². The number of nitrogens with one attached hydrogen (secondary N) is 1. The molecule has 1 saturated carbocycles. The average molecular weight is 286 g/mol. The molecule has 2 aromatic rings. The molecule has 3 N–H and O–H groups in total. The normalized spacial score (nSPS) is 21.8. The fourth-order valence-electron chi connectivity index (χ4n) is 3.26. The molecule has 1 amide bonds. The third-order valence-electron chi connectivity index (χ3n) is 4.47. The van der Waals surface area contributed by atoms with E-state index in [1.807, 2.05) is 35.9 Å². The third-order valence-corrected chi connectivity index (χ3v) is 4.47. The molecule has 1 aliphatic carbocycles. The molecule has 2 atom stereocenters. The van der Waals surface area contributed by atoms with Gasteiger partial charge < -0.3 is 15.5 Å². The Balaban J connectivity index is 1.66. The van der Waals surface area contributed by atoms with Gasteiger partial charge in [0.15, 0.2) is 0 Å². The Bertz CT molecular complexity index is 649. The van der Waals surface area contributed by atoms with Gasteiger partial charge in [0.1, 0.15) is 5.65 Å². The van der Waals surface area contributed by atoms with Crippen molar-refractivity contribution in [2.45, 2.75) is 32.7 Å². The number of carbonyl (C=O) groups excluding carboxylic acids is 1. The first-order chi connectivity index (χ1) is 10.2. The van der Waals surface area contributed by atoms with Crippen molar-refractivity contribution in [1.82, 2.24) is 14.7 Å². The highest BCUT2D eigenvalue weighted by Gasteiger charge is 2.31. The van der Waals surface area contributed by atoms with Gasteiger partial charge in [0.05, 0.1) is 12.2 Å². The molecular formula is C16H22N4O. The summed E-state index contributed by atoms with van der Waals surface area (Å²) in [6, 6.07) is 4.03. The van der Waals surface area contributed by atoms with E-state index >= 15 is 0 Å². The smallest absolute Gasteiger partial charge is 0.223 e. The van der Waals surface area contributed by atoms with Crippen molar-refractivity contribution < 1.29 is 4.79 Å². The predicted molar refractivity (Wildman–Crippen MR) is 81.7 cm³/mol. The minimum atomic E-state index is 0.0776. The maximum absolute atomic E-state index is 12.3. The zero-order valence-electron chi connectivity index (χ0n) is 12.4. The van der Waals surface area contributed by atoms with E-state index in [4.69, 9.17) is 5.73 Å². The van der Waals surface area contributed by atoms with Gasteiger partial charge in [-0.05, 0) is 43.9 Å². The van der Waals surface area contributed by atoms with Gasteiger partial charge in [0.2, 0.25) is 5.91 Å². The number of carbonyl (C=O) groups is 1. The Morgan fingerprint density at radius 2 is 2.38 bits per heavy atom. The minimum absolute atomic E-state index is 0.0776. The number of nitrogens with two attached hydrogens (primary N) is 1. The van der Waals surface area contributed by atoms with Crippen molar-refractivity contribution in [2.75, 3.05) is 6.54 Å². The molecule has 112 valence electrons. The predicted octanol–water partition coefficient (Wildman–Crippen LogP) is 1.63. The summed E-state index contributed by atoms with van der Waals surface area (Å²) in [7, 11) is 0. The van der Waals surface area contributed by atoms with Crippen molar-refractivity contribution in [2.24, 2.45) is 17.6 Å². The van der Waals surface area contributed by atoms with Gasteiger partial charge in [-0.15, -0.1) is 0 Å². The van der Waals surface area contributed by atoms with Gasteiger partial charge in [-0.1, -0.05) is 12.5 Å². The van der Waals surface area contributed by atoms with Crippen molar-refractivity contribution in [3.8, 4) is 0 Å². The molecule has 5 heteroatoms. The van der Waals surface area contributed by atoms with E-state index in [1.54, 1.807) is 0 Å². The summed E-state index contributed by atoms with van der Waals surface area (Å²) in [5.41, 5.74) is 8.71. The Hall–Kier alpha value is -1.88. The van der Waals surface area contributed by atoms with E-state index in [2.05, 4.69) is 10.3 Å². The molecule has 1 fully saturated rings. The summed E-state index contributed by atoms with van der Waals surface area (Å²) >= 11 is 0. The maximum Gasteiger partial charge on any atom is 0.223 e. The molecule has 2 aromatic heterocycles. The van der Waals surface area contributed by atoms with Gasteiger partial charge in [0.25, 0.3) is 0 Å². The Labute approximate surface area is 124 Å². The molecule has 21 heavy (non-hydrogen) atoms. The van der Waals surface area contributed by atoms with E-state index in [-0.39, 0.29) is 11.8 Å². The lowest BCUT2D eigenvalue weighted by atomic mass is 9.95. The second-order valence-electron chi connectivity index (χ2n) is 5.91. The second-order valence-corrected chi connectivity index (χ2v) is 5.91. The summed E-state index contributed by atoms with van der Waals surface area (Å²) < 4.78 is 2.00. The van der Waals surface area contributed by atoms with Crippen LogP contribution in [-0.2, 0) is 11.3 Å². The largest absolute Gasteiger partial charge is 0.350 e. The molecule has 0 saturated heterocycles. The summed E-state index contributed by atoms with van der Waals surface area (Å²) in [6.07, 6.45) is 7.08. The highest BCUT2D eigenvalue weighted by molar-refractivity contribution is 5.79. The molecule has 0 spiro atoms. The Morgan fingerprint density at radius 1 is 1.52 bits per heavy atom. The fourth-order valence-corrected chi connectivity index (χ4v) is 3.26. The van der Waals surface area contributed by atoms with Crippen molar-refractivity contribution in [3.63, 3.8) is 0 Å². The number of hydrogen-bond donors (Lipinski definition) is 2. The number of fused-ring (bicyclic) bond motifs is 1. The first-order valence-electron chi connectivity index (χ1n) is 7.60. The highest BCUT2D eigenvalue weighted by Crippen LogP contribution is 2.30. The lowest BCUT2D eigenvalue weighted by Gasteiger charge is -2.16. The molecule has 0 aliphatic heterocycles. The van der Waals surface area contributed by atoms with Crippen molar-refractivity contribution in [3.05, 3.63) is 35.8 Å². The number of aryl methyl sites for hydroxylation is 1. The lowest BCUT2D eigenvalue weighted by molar-refractivity contribution is -0.126. The Kier molecular flexibility index (Phi) is 3.92. The van der Waals surface area contributed by atoms with Crippen LogP contribution in [0.4, 0.5) is 0 Å². The summed E-state index contributed by atoms with van der Waals surface area (Å²) in [5.74, 6) is 0.541. The van der Waals surface area contributed by atoms with E-state index in [0.717, 1.165) is 36.2 Å². The number of rotatable bonds is 4. The van der Waals surface area contributed by atoms with Crippen LogP contribution in [0, 0.1) is 18.8 Å². The number of nitrogens with zero attached hydrogens (tertiary/aromatic N) is 2. The summed E-state index contributed by atoms with van der Waals surface area (Å²) in [5, 5.41) is 3.02. The van der Waals surface area contributed by atoms with E-state index in [1.165, 1.54) is 0 Å². The minimum Gasteiger partial charge on any atom is -0.350 e. The second kappa shape index (κ2) is 5.85. The fraction of sp³-hybridized carbons (Fsp3) is 0.500. The quantitative estimate of drug-likeness (QED) is 0.897. The van der Waals surface area contributed by atoms with E-state index < -0.39 is 0 Å². The third kappa shape index (κ3) is 2.78. The number of amides is 1. The average Bonchev–Trinajstić information content (AvgIpc) is 3.11. The number of pyridine rings is 1. The van der Waals surface area contributed by atoms with Crippen LogP contribution in [0.1, 0.15) is 30.5 Å². The zero-order valence-corrected chi connectivity index (χ0v) is 12.4. The molecule has 0 aromatic carbocycles. The molecule has 0 unspecified atom stereocenters. The molecule has 5 nitrogen and oxygen atoms in total. The Morgan fingerprint density at radius 3 is 3.14 bits per heavy atom. The molecule has 0 radical (unpaired) electrons. The van der Waals surface area contributed by atoms with E-state index in [9.17, 15) is 4.79 Å². The molecule has 0 bridgehead atoms. The number of hydrogen-bond acceptors (Lipinski definition) is 3. The van der Waals surface area contributed by atoms with Gasteiger partial charge in [0, 0.05) is 18.3 Å². The standard InChI is InChI=1S/C16H22N4O/c1-11-4-3-7-20-10-13(19-15(11)20)9-18-16(21)14-6-2-5-12(14)8-17/h3-4,7,10,12,14H,2,5-6,8-9,17H2,1H3,(H,18,21)/t12-,14-/m1/s1. The van der Waals surface area contributed by atoms with Crippen LogP contribution in [0.15, 0.2) is 24.5 Å². The van der Waals surface area contributed by atoms with Gasteiger partial charge >= 0.3 is 0 Å². The van der Waals surface area contributed by atoms with Crippen LogP contribution in [-0.4, -0.2) is 21.8 Å². The van der Waals surface area contributed by atoms with Gasteiger partial charge in [-0.2, -0.15) is 0 Å². The molecular weight excluding hydrogens is 264 g/mol. The highest BCUT2D eigenvalue weighted by atomic mass is 16.1. The number of aromatic nitrogens is 2. The first kappa shape index (κ1) is 14.1.